The molecule has 0 N–H and O–H groups in total. The van der Waals surface area contributed by atoms with E-state index in [1.807, 2.05) is 54.6 Å². The zero-order valence-corrected chi connectivity index (χ0v) is 16.1. The number of aryl methyl sites for hydroxylation is 1. The summed E-state index contributed by atoms with van der Waals surface area (Å²) < 4.78 is 11.3. The van der Waals surface area contributed by atoms with E-state index in [0.29, 0.717) is 26.3 Å². The number of amides is 1. The lowest BCUT2D eigenvalue weighted by atomic mass is 10.1. The fraction of sp³-hybridized carbons (Fsp3) is 0.409. The quantitative estimate of drug-likeness (QED) is 0.779. The van der Waals surface area contributed by atoms with E-state index in [1.165, 1.54) is 5.56 Å². The molecule has 3 rings (SSSR count). The summed E-state index contributed by atoms with van der Waals surface area (Å²) >= 11 is 0. The zero-order chi connectivity index (χ0) is 19.1. The van der Waals surface area contributed by atoms with Crippen molar-refractivity contribution in [3.63, 3.8) is 0 Å². The number of rotatable bonds is 6. The van der Waals surface area contributed by atoms with Crippen LogP contribution in [-0.4, -0.2) is 55.2 Å². The van der Waals surface area contributed by atoms with E-state index in [-0.39, 0.29) is 12.1 Å². The molecule has 5 nitrogen and oxygen atoms in total. The molecule has 27 heavy (non-hydrogen) atoms. The van der Waals surface area contributed by atoms with Crippen molar-refractivity contribution in [1.82, 2.24) is 9.80 Å². The lowest BCUT2D eigenvalue weighted by Gasteiger charge is -2.38. The van der Waals surface area contributed by atoms with Gasteiger partial charge in [-0.05, 0) is 38.1 Å². The number of benzene rings is 2. The molecule has 144 valence electrons. The smallest absolute Gasteiger partial charge is 0.410 e. The van der Waals surface area contributed by atoms with Crippen LogP contribution in [0.15, 0.2) is 54.6 Å². The first-order valence-corrected chi connectivity index (χ1v) is 9.47. The molecule has 0 spiro atoms. The summed E-state index contributed by atoms with van der Waals surface area (Å²) in [5.74, 6) is 0.887. The first kappa shape index (κ1) is 19.2. The van der Waals surface area contributed by atoms with Crippen LogP contribution < -0.4 is 4.74 Å². The van der Waals surface area contributed by atoms with E-state index in [9.17, 15) is 4.79 Å². The van der Waals surface area contributed by atoms with Gasteiger partial charge in [-0.3, -0.25) is 4.90 Å². The third-order valence-electron chi connectivity index (χ3n) is 4.98. The fourth-order valence-corrected chi connectivity index (χ4v) is 3.18. The Morgan fingerprint density at radius 3 is 2.56 bits per heavy atom. The van der Waals surface area contributed by atoms with Crippen LogP contribution in [0.25, 0.3) is 0 Å². The molecule has 0 saturated carbocycles. The van der Waals surface area contributed by atoms with E-state index < -0.39 is 0 Å². The minimum absolute atomic E-state index is 0.239. The summed E-state index contributed by atoms with van der Waals surface area (Å²) in [6.45, 7) is 5.21. The fourth-order valence-electron chi connectivity index (χ4n) is 3.18. The Kier molecular flexibility index (Phi) is 6.71. The maximum atomic E-state index is 12.4. The average molecular weight is 368 g/mol. The number of piperazine rings is 1. The van der Waals surface area contributed by atoms with E-state index in [4.69, 9.17) is 9.47 Å². The highest BCUT2D eigenvalue weighted by atomic mass is 16.6. The summed E-state index contributed by atoms with van der Waals surface area (Å²) in [5.41, 5.74) is 2.22. The number of ether oxygens (including phenoxy) is 2. The van der Waals surface area contributed by atoms with Crippen LogP contribution in [0, 0.1) is 6.92 Å². The SMILES string of the molecule is Cc1ccc(OCC[C@@H]2CN(C(=O)OCc3ccccc3)CCN2C)cc1. The standard InChI is InChI=1S/C22H28N2O3/c1-18-8-10-21(11-9-18)26-15-12-20-16-24(14-13-23(20)2)22(25)27-17-19-6-4-3-5-7-19/h3-11,20H,12-17H2,1-2H3/t20-/m1/s1. The van der Waals surface area contributed by atoms with Gasteiger partial charge in [0.1, 0.15) is 12.4 Å². The van der Waals surface area contributed by atoms with Crippen molar-refractivity contribution in [3.05, 3.63) is 65.7 Å². The van der Waals surface area contributed by atoms with Crippen LogP contribution in [0.5, 0.6) is 5.75 Å². The van der Waals surface area contributed by atoms with Gasteiger partial charge in [0, 0.05) is 25.7 Å². The first-order chi connectivity index (χ1) is 13.1. The molecule has 1 fully saturated rings. The van der Waals surface area contributed by atoms with Crippen molar-refractivity contribution in [3.8, 4) is 5.75 Å². The lowest BCUT2D eigenvalue weighted by molar-refractivity contribution is 0.0508. The maximum Gasteiger partial charge on any atom is 0.410 e. The average Bonchev–Trinajstić information content (AvgIpc) is 2.70. The predicted octanol–water partition coefficient (Wildman–Crippen LogP) is 3.72. The monoisotopic (exact) mass is 368 g/mol. The highest BCUT2D eigenvalue weighted by Gasteiger charge is 2.28. The normalized spacial score (nSPS) is 17.6. The lowest BCUT2D eigenvalue weighted by Crippen LogP contribution is -2.53. The van der Waals surface area contributed by atoms with Gasteiger partial charge >= 0.3 is 6.09 Å². The Morgan fingerprint density at radius 1 is 1.07 bits per heavy atom. The van der Waals surface area contributed by atoms with Gasteiger partial charge < -0.3 is 14.4 Å². The van der Waals surface area contributed by atoms with Gasteiger partial charge in [-0.1, -0.05) is 48.0 Å². The van der Waals surface area contributed by atoms with Crippen molar-refractivity contribution < 1.29 is 14.3 Å². The molecule has 1 atom stereocenters. The van der Waals surface area contributed by atoms with Crippen molar-refractivity contribution in [2.45, 2.75) is 26.0 Å². The number of hydrogen-bond donors (Lipinski definition) is 0. The summed E-state index contributed by atoms with van der Waals surface area (Å²) in [6, 6.07) is 18.1. The van der Waals surface area contributed by atoms with E-state index in [1.54, 1.807) is 4.90 Å². The van der Waals surface area contributed by atoms with Gasteiger partial charge in [0.2, 0.25) is 0 Å². The van der Waals surface area contributed by atoms with Crippen LogP contribution in [-0.2, 0) is 11.3 Å². The Bertz CT molecular complexity index is 718. The molecule has 5 heteroatoms. The second kappa shape index (κ2) is 9.42. The molecule has 0 aromatic heterocycles. The van der Waals surface area contributed by atoms with Gasteiger partial charge in [-0.25, -0.2) is 4.79 Å². The zero-order valence-electron chi connectivity index (χ0n) is 16.1. The summed E-state index contributed by atoms with van der Waals surface area (Å²) in [5, 5.41) is 0. The molecule has 1 heterocycles. The largest absolute Gasteiger partial charge is 0.494 e. The third-order valence-corrected chi connectivity index (χ3v) is 4.98. The third kappa shape index (κ3) is 5.73. The van der Waals surface area contributed by atoms with Gasteiger partial charge in [-0.2, -0.15) is 0 Å². The van der Waals surface area contributed by atoms with Crippen LogP contribution in [0.4, 0.5) is 4.79 Å². The minimum atomic E-state index is -0.239. The molecule has 1 saturated heterocycles. The first-order valence-electron chi connectivity index (χ1n) is 9.47. The summed E-state index contributed by atoms with van der Waals surface area (Å²) in [7, 11) is 2.10. The van der Waals surface area contributed by atoms with Gasteiger partial charge in [0.25, 0.3) is 0 Å². The van der Waals surface area contributed by atoms with Crippen LogP contribution in [0.2, 0.25) is 0 Å². The number of carbonyl (C=O) groups is 1. The summed E-state index contributed by atoms with van der Waals surface area (Å²) in [6.07, 6.45) is 0.628. The maximum absolute atomic E-state index is 12.4. The number of carbonyl (C=O) groups excluding carboxylic acids is 1. The Morgan fingerprint density at radius 2 is 1.81 bits per heavy atom. The van der Waals surface area contributed by atoms with Gasteiger partial charge in [0.15, 0.2) is 0 Å². The number of hydrogen-bond acceptors (Lipinski definition) is 4. The van der Waals surface area contributed by atoms with E-state index >= 15 is 0 Å². The Balaban J connectivity index is 1.45. The van der Waals surface area contributed by atoms with E-state index in [0.717, 1.165) is 24.3 Å². The van der Waals surface area contributed by atoms with Crippen LogP contribution >= 0.6 is 0 Å². The van der Waals surface area contributed by atoms with Gasteiger partial charge in [0.05, 0.1) is 6.61 Å². The summed E-state index contributed by atoms with van der Waals surface area (Å²) in [4.78, 5) is 16.5. The molecular weight excluding hydrogens is 340 g/mol. The molecule has 0 radical (unpaired) electrons. The van der Waals surface area contributed by atoms with Crippen molar-refractivity contribution in [1.29, 1.82) is 0 Å². The number of likely N-dealkylation sites (N-methyl/N-ethyl adjacent to an activating group) is 1. The van der Waals surface area contributed by atoms with E-state index in [2.05, 4.69) is 18.9 Å². The second-order valence-corrected chi connectivity index (χ2v) is 7.07. The predicted molar refractivity (Wildman–Crippen MR) is 106 cm³/mol. The molecule has 1 amide bonds. The molecule has 0 bridgehead atoms. The second-order valence-electron chi connectivity index (χ2n) is 7.07. The van der Waals surface area contributed by atoms with Crippen molar-refractivity contribution >= 4 is 6.09 Å². The molecule has 1 aliphatic heterocycles. The minimum Gasteiger partial charge on any atom is -0.494 e. The molecule has 1 aliphatic rings. The topological polar surface area (TPSA) is 42.0 Å². The van der Waals surface area contributed by atoms with Crippen LogP contribution in [0.1, 0.15) is 17.5 Å². The molecule has 2 aromatic rings. The molecule has 0 aliphatic carbocycles. The van der Waals surface area contributed by atoms with Crippen molar-refractivity contribution in [2.24, 2.45) is 0 Å². The Labute approximate surface area is 161 Å². The molecular formula is C22H28N2O3. The van der Waals surface area contributed by atoms with Crippen molar-refractivity contribution in [2.75, 3.05) is 33.3 Å². The molecule has 2 aromatic carbocycles. The van der Waals surface area contributed by atoms with Gasteiger partial charge in [-0.15, -0.1) is 0 Å². The van der Waals surface area contributed by atoms with Crippen LogP contribution in [0.3, 0.4) is 0 Å². The highest BCUT2D eigenvalue weighted by molar-refractivity contribution is 5.67. The highest BCUT2D eigenvalue weighted by Crippen LogP contribution is 2.16. The molecule has 0 unspecified atom stereocenters. The number of nitrogens with zero attached hydrogens (tertiary/aromatic N) is 2. The Hall–Kier alpha value is -2.53.